The van der Waals surface area contributed by atoms with Gasteiger partial charge in [0.05, 0.1) is 0 Å². The molecule has 0 bridgehead atoms. The number of para-hydroxylation sites is 3. The van der Waals surface area contributed by atoms with Crippen LogP contribution in [0.1, 0.15) is 22.4 Å². The van der Waals surface area contributed by atoms with Crippen LogP contribution < -0.4 is 4.90 Å². The van der Waals surface area contributed by atoms with Crippen LogP contribution in [0.2, 0.25) is 0 Å². The molecule has 4 nitrogen and oxygen atoms in total. The summed E-state index contributed by atoms with van der Waals surface area (Å²) < 4.78 is 5.61. The summed E-state index contributed by atoms with van der Waals surface area (Å²) in [6.45, 7) is 0. The van der Waals surface area contributed by atoms with Crippen molar-refractivity contribution in [3.05, 3.63) is 251 Å². The summed E-state index contributed by atoms with van der Waals surface area (Å²) in [5.74, 6) is 0. The molecule has 0 amide bonds. The van der Waals surface area contributed by atoms with E-state index in [1.807, 2.05) is 12.3 Å². The third-order valence-electron chi connectivity index (χ3n) is 12.0. The number of aromatic nitrogens is 3. The van der Waals surface area contributed by atoms with Crippen molar-refractivity contribution in [3.63, 3.8) is 0 Å². The Morgan fingerprint density at radius 3 is 1.66 bits per heavy atom. The van der Waals surface area contributed by atoms with Crippen LogP contribution in [-0.4, -0.2) is 14.1 Å². The van der Waals surface area contributed by atoms with E-state index in [9.17, 15) is 0 Å². The van der Waals surface area contributed by atoms with E-state index >= 15 is 0 Å². The monoisotopic (exact) mass is 961 g/mol. The molecule has 0 saturated carbocycles. The molecule has 2 aromatic heterocycles. The molecule has 8 aromatic carbocycles. The van der Waals surface area contributed by atoms with E-state index in [1.54, 1.807) is 0 Å². The van der Waals surface area contributed by atoms with Gasteiger partial charge in [-0.15, -0.1) is 0 Å². The first-order chi connectivity index (χ1) is 30.1. The molecule has 10 aromatic rings. The van der Waals surface area contributed by atoms with Crippen LogP contribution in [0.3, 0.4) is 0 Å². The first kappa shape index (κ1) is 36.9. The van der Waals surface area contributed by atoms with Gasteiger partial charge in [-0.25, -0.2) is 0 Å². The van der Waals surface area contributed by atoms with E-state index in [1.165, 1.54) is 22.3 Å². The minimum absolute atomic E-state index is 0.724. The summed E-state index contributed by atoms with van der Waals surface area (Å²) >= 11 is 2.43. The number of imidazole rings is 1. The molecular weight excluding hydrogens is 924 g/mol. The second kappa shape index (κ2) is 15.2. The number of pyridine rings is 1. The molecule has 0 atom stereocenters. The van der Waals surface area contributed by atoms with Gasteiger partial charge in [-0.2, -0.15) is 0 Å². The number of hydrogen-bond donors (Lipinski definition) is 0. The van der Waals surface area contributed by atoms with E-state index in [-0.39, 0.29) is 0 Å². The van der Waals surface area contributed by atoms with Crippen molar-refractivity contribution < 1.29 is 19.4 Å². The van der Waals surface area contributed by atoms with Crippen LogP contribution in [0, 0.1) is 15.9 Å². The average Bonchev–Trinajstić information content (AvgIpc) is 3.78. The van der Waals surface area contributed by atoms with Gasteiger partial charge in [0.2, 0.25) is 0 Å². The molecule has 5 heteroatoms. The summed E-state index contributed by atoms with van der Waals surface area (Å²) in [4.78, 5) is 7.51. The molecule has 0 N–H and O–H groups in total. The summed E-state index contributed by atoms with van der Waals surface area (Å²) in [7, 11) is 2.12. The Hall–Kier alpha value is -7.13. The van der Waals surface area contributed by atoms with Crippen molar-refractivity contribution >= 4 is 28.1 Å². The van der Waals surface area contributed by atoms with Crippen molar-refractivity contribution in [2.75, 3.05) is 4.90 Å². The Labute approximate surface area is 366 Å². The van der Waals surface area contributed by atoms with Crippen LogP contribution in [0.5, 0.6) is 0 Å². The van der Waals surface area contributed by atoms with Gasteiger partial charge in [-0.1, -0.05) is 42.5 Å². The zero-order chi connectivity index (χ0) is 40.9. The molecule has 0 radical (unpaired) electrons. The average molecular weight is 962 g/mol. The van der Waals surface area contributed by atoms with E-state index in [0.717, 1.165) is 71.1 Å². The predicted octanol–water partition coefficient (Wildman–Crippen LogP) is 13.2. The summed E-state index contributed by atoms with van der Waals surface area (Å²) in [6.07, 6.45) is 1.91. The number of hydrogen-bond acceptors (Lipinski definition) is 2. The number of anilines is 3. The maximum atomic E-state index is 5.14. The molecule has 294 valence electrons. The van der Waals surface area contributed by atoms with Gasteiger partial charge in [0.1, 0.15) is 0 Å². The fraction of sp³-hybridized carbons (Fsp3) is 0.0357. The third kappa shape index (κ3) is 5.93. The van der Waals surface area contributed by atoms with Crippen LogP contribution in [0.25, 0.3) is 50.1 Å². The molecule has 0 saturated heterocycles. The van der Waals surface area contributed by atoms with Crippen molar-refractivity contribution in [1.29, 1.82) is 0 Å². The Balaban J connectivity index is 1.23. The van der Waals surface area contributed by atoms with Gasteiger partial charge in [-0.3, -0.25) is 0 Å². The Bertz CT molecular complexity index is 3190. The molecule has 1 aliphatic carbocycles. The van der Waals surface area contributed by atoms with Gasteiger partial charge >= 0.3 is 314 Å². The molecule has 0 aliphatic heterocycles. The molecule has 2 heterocycles. The summed E-state index contributed by atoms with van der Waals surface area (Å²) in [6, 6.07) is 81.6. The van der Waals surface area contributed by atoms with Crippen LogP contribution in [0.15, 0.2) is 212 Å². The predicted molar refractivity (Wildman–Crippen MR) is 244 cm³/mol. The van der Waals surface area contributed by atoms with Crippen LogP contribution in [0.4, 0.5) is 17.1 Å². The zero-order valence-electron chi connectivity index (χ0n) is 33.3. The van der Waals surface area contributed by atoms with Crippen LogP contribution >= 0.6 is 0 Å². The minimum atomic E-state index is -0.724. The SMILES string of the molecule is Cn1[c](=[Pt])n(-c2[c-]c(N(c3[c-]c(C4(c5ccccn5)c5ccccc5-c5ccccc54)ccc3)c3c(-c4ccccc4)cccc3-c3ccccc3)ccc2)c2ccccc21. The van der Waals surface area contributed by atoms with E-state index in [0.29, 0.717) is 0 Å². The standard InChI is InChI=1S/C56H38N4.Pt/c1-58-39-59(53-34-13-12-33-52(53)58)43-24-17-26-45(38-43)60(55-46(40-19-4-2-5-20-40)29-18-30-47(55)41-21-6-3-7-22-41)44-25-16-23-42(37-44)56(54-35-14-15-36-57-54)50-31-10-8-27-48(50)49-28-9-11-32-51(49)56;/h2-36H,1H3;/q-2;. The summed E-state index contributed by atoms with van der Waals surface area (Å²) in [5, 5.41) is 0. The van der Waals surface area contributed by atoms with E-state index in [2.05, 4.69) is 253 Å². The number of fused-ring (bicyclic) bond motifs is 4. The van der Waals surface area contributed by atoms with E-state index in [4.69, 9.17) is 4.98 Å². The van der Waals surface area contributed by atoms with Crippen molar-refractivity contribution in [2.24, 2.45) is 7.05 Å². The Morgan fingerprint density at radius 2 is 1.02 bits per heavy atom. The van der Waals surface area contributed by atoms with Gasteiger partial charge in [0.25, 0.3) is 0 Å². The van der Waals surface area contributed by atoms with Crippen molar-refractivity contribution in [3.8, 4) is 39.1 Å². The molecule has 61 heavy (non-hydrogen) atoms. The van der Waals surface area contributed by atoms with Crippen molar-refractivity contribution in [1.82, 2.24) is 14.1 Å². The molecule has 0 fully saturated rings. The fourth-order valence-corrected chi connectivity index (χ4v) is 10.2. The molecule has 0 unspecified atom stereocenters. The Kier molecular flexibility index (Phi) is 9.17. The Morgan fingerprint density at radius 1 is 0.492 bits per heavy atom. The van der Waals surface area contributed by atoms with E-state index < -0.39 is 5.41 Å². The normalized spacial score (nSPS) is 12.6. The summed E-state index contributed by atoms with van der Waals surface area (Å²) in [5.41, 5.74) is 16.5. The number of benzene rings is 8. The zero-order valence-corrected chi connectivity index (χ0v) is 35.6. The molecule has 0 spiro atoms. The molecular formula is C56H38N4Pt-2. The fourth-order valence-electron chi connectivity index (χ4n) is 9.38. The van der Waals surface area contributed by atoms with Crippen molar-refractivity contribution in [2.45, 2.75) is 5.41 Å². The quantitative estimate of drug-likeness (QED) is 0.142. The van der Waals surface area contributed by atoms with Gasteiger partial charge < -0.3 is 0 Å². The molecule has 11 rings (SSSR count). The molecule has 1 aliphatic rings. The first-order valence-corrected chi connectivity index (χ1v) is 21.6. The first-order valence-electron chi connectivity index (χ1n) is 20.5. The van der Waals surface area contributed by atoms with Gasteiger partial charge in [0, 0.05) is 6.20 Å². The van der Waals surface area contributed by atoms with Gasteiger partial charge in [-0.05, 0) is 6.07 Å². The third-order valence-corrected chi connectivity index (χ3v) is 13.3. The number of rotatable bonds is 8. The maximum absolute atomic E-state index is 5.14. The number of nitrogens with zero attached hydrogens (tertiary/aromatic N) is 4. The van der Waals surface area contributed by atoms with Crippen LogP contribution in [-0.2, 0) is 31.8 Å². The topological polar surface area (TPSA) is 26.0 Å². The van der Waals surface area contributed by atoms with Gasteiger partial charge in [0.15, 0.2) is 0 Å². The number of aryl methyl sites for hydroxylation is 1. The second-order valence-electron chi connectivity index (χ2n) is 15.3. The second-order valence-corrected chi connectivity index (χ2v) is 16.3.